The van der Waals surface area contributed by atoms with E-state index in [9.17, 15) is 9.18 Å². The maximum atomic E-state index is 13.4. The van der Waals surface area contributed by atoms with E-state index in [0.29, 0.717) is 17.2 Å². The second-order valence-corrected chi connectivity index (χ2v) is 5.84. The van der Waals surface area contributed by atoms with Crippen LogP contribution in [0, 0.1) is 5.82 Å². The summed E-state index contributed by atoms with van der Waals surface area (Å²) in [4.78, 5) is 12.0. The zero-order chi connectivity index (χ0) is 17.2. The Morgan fingerprint density at radius 3 is 2.71 bits per heavy atom. The van der Waals surface area contributed by atoms with Crippen LogP contribution in [0.15, 0.2) is 42.5 Å². The fourth-order valence-electron chi connectivity index (χ4n) is 2.34. The van der Waals surface area contributed by atoms with E-state index in [4.69, 9.17) is 14.2 Å². The normalized spacial score (nSPS) is 14.3. The van der Waals surface area contributed by atoms with Crippen molar-refractivity contribution in [3.8, 4) is 17.2 Å². The Hall–Kier alpha value is -2.76. The minimum absolute atomic E-state index is 0.0876. The van der Waals surface area contributed by atoms with Gasteiger partial charge < -0.3 is 19.5 Å². The molecule has 24 heavy (non-hydrogen) atoms. The molecule has 0 radical (unpaired) electrons. The first-order valence-electron chi connectivity index (χ1n) is 7.62. The van der Waals surface area contributed by atoms with E-state index in [0.717, 1.165) is 0 Å². The summed E-state index contributed by atoms with van der Waals surface area (Å²) < 4.78 is 29.9. The van der Waals surface area contributed by atoms with E-state index in [1.165, 1.54) is 12.1 Å². The van der Waals surface area contributed by atoms with Gasteiger partial charge in [-0.1, -0.05) is 12.1 Å². The van der Waals surface area contributed by atoms with Crippen molar-refractivity contribution in [2.24, 2.45) is 0 Å². The third-order valence-electron chi connectivity index (χ3n) is 3.36. The molecule has 3 rings (SSSR count). The van der Waals surface area contributed by atoms with Gasteiger partial charge in [0, 0.05) is 25.6 Å². The Morgan fingerprint density at radius 2 is 1.92 bits per heavy atom. The SMILES string of the molecule is CC1(C)Oc2ccc(NC(=O)CCOc3ccccc3F)cc2O1. The second kappa shape index (κ2) is 6.39. The molecule has 0 bridgehead atoms. The first kappa shape index (κ1) is 16.1. The van der Waals surface area contributed by atoms with Gasteiger partial charge in [-0.3, -0.25) is 4.79 Å². The number of halogens is 1. The van der Waals surface area contributed by atoms with E-state index in [1.54, 1.807) is 30.3 Å². The molecule has 0 fully saturated rings. The van der Waals surface area contributed by atoms with Gasteiger partial charge in [0.2, 0.25) is 11.7 Å². The summed E-state index contributed by atoms with van der Waals surface area (Å²) in [6.45, 7) is 3.71. The summed E-state index contributed by atoms with van der Waals surface area (Å²) in [6, 6.07) is 11.3. The number of carbonyl (C=O) groups excluding carboxylic acids is 1. The van der Waals surface area contributed by atoms with Crippen LogP contribution in [0.5, 0.6) is 17.2 Å². The van der Waals surface area contributed by atoms with E-state index in [2.05, 4.69) is 5.32 Å². The maximum Gasteiger partial charge on any atom is 0.246 e. The van der Waals surface area contributed by atoms with Crippen molar-refractivity contribution in [2.45, 2.75) is 26.1 Å². The fraction of sp³-hybridized carbons (Fsp3) is 0.278. The summed E-state index contributed by atoms with van der Waals surface area (Å²) in [5.41, 5.74) is 0.603. The lowest BCUT2D eigenvalue weighted by atomic mass is 10.2. The Morgan fingerprint density at radius 1 is 1.17 bits per heavy atom. The number of para-hydroxylation sites is 1. The molecule has 1 heterocycles. The molecule has 1 aliphatic rings. The molecule has 2 aromatic rings. The van der Waals surface area contributed by atoms with Crippen LogP contribution >= 0.6 is 0 Å². The predicted molar refractivity (Wildman–Crippen MR) is 86.9 cm³/mol. The van der Waals surface area contributed by atoms with Crippen LogP contribution in [0.2, 0.25) is 0 Å². The summed E-state index contributed by atoms with van der Waals surface area (Å²) in [7, 11) is 0. The number of carbonyl (C=O) groups is 1. The van der Waals surface area contributed by atoms with E-state index in [1.807, 2.05) is 13.8 Å². The van der Waals surface area contributed by atoms with Crippen molar-refractivity contribution in [2.75, 3.05) is 11.9 Å². The molecule has 1 aliphatic heterocycles. The van der Waals surface area contributed by atoms with Crippen LogP contribution in [0.25, 0.3) is 0 Å². The summed E-state index contributed by atoms with van der Waals surface area (Å²) in [5.74, 6) is -0.0314. The Balaban J connectivity index is 1.52. The quantitative estimate of drug-likeness (QED) is 0.907. The standard InChI is InChI=1S/C18H18FNO4/c1-18(2)23-15-8-7-12(11-16(15)24-18)20-17(21)9-10-22-14-6-4-3-5-13(14)19/h3-8,11H,9-10H2,1-2H3,(H,20,21). The first-order chi connectivity index (χ1) is 11.4. The number of amides is 1. The minimum atomic E-state index is -0.710. The molecule has 0 saturated heterocycles. The molecule has 0 aromatic heterocycles. The molecule has 0 aliphatic carbocycles. The average Bonchev–Trinajstić information content (AvgIpc) is 2.82. The molecule has 2 aromatic carbocycles. The molecule has 126 valence electrons. The fourth-order valence-corrected chi connectivity index (χ4v) is 2.34. The molecule has 5 nitrogen and oxygen atoms in total. The van der Waals surface area contributed by atoms with Gasteiger partial charge in [-0.25, -0.2) is 4.39 Å². The van der Waals surface area contributed by atoms with Gasteiger partial charge in [0.1, 0.15) is 0 Å². The van der Waals surface area contributed by atoms with Crippen molar-refractivity contribution in [1.29, 1.82) is 0 Å². The summed E-state index contributed by atoms with van der Waals surface area (Å²) in [5, 5.41) is 2.75. The van der Waals surface area contributed by atoms with Gasteiger partial charge >= 0.3 is 0 Å². The average molecular weight is 331 g/mol. The van der Waals surface area contributed by atoms with Gasteiger partial charge in [0.05, 0.1) is 13.0 Å². The maximum absolute atomic E-state index is 13.4. The van der Waals surface area contributed by atoms with Crippen LogP contribution in [0.4, 0.5) is 10.1 Å². The lowest BCUT2D eigenvalue weighted by molar-refractivity contribution is -0.116. The van der Waals surface area contributed by atoms with Gasteiger partial charge in [-0.05, 0) is 24.3 Å². The highest BCUT2D eigenvalue weighted by Crippen LogP contribution is 2.40. The molecule has 0 unspecified atom stereocenters. The second-order valence-electron chi connectivity index (χ2n) is 5.84. The van der Waals surface area contributed by atoms with Crippen LogP contribution in [0.1, 0.15) is 20.3 Å². The molecule has 6 heteroatoms. The third-order valence-corrected chi connectivity index (χ3v) is 3.36. The Kier molecular flexibility index (Phi) is 4.29. The first-order valence-corrected chi connectivity index (χ1v) is 7.62. The van der Waals surface area contributed by atoms with Crippen molar-refractivity contribution < 1.29 is 23.4 Å². The molecular formula is C18H18FNO4. The lowest BCUT2D eigenvalue weighted by Gasteiger charge is -2.16. The molecular weight excluding hydrogens is 313 g/mol. The summed E-state index contributed by atoms with van der Waals surface area (Å²) in [6.07, 6.45) is 0.105. The van der Waals surface area contributed by atoms with Gasteiger partial charge in [-0.2, -0.15) is 0 Å². The third kappa shape index (κ3) is 3.76. The molecule has 1 amide bonds. The van der Waals surface area contributed by atoms with E-state index >= 15 is 0 Å². The molecule has 0 saturated carbocycles. The number of ether oxygens (including phenoxy) is 3. The highest BCUT2D eigenvalue weighted by molar-refractivity contribution is 5.91. The van der Waals surface area contributed by atoms with E-state index in [-0.39, 0.29) is 24.7 Å². The van der Waals surface area contributed by atoms with Crippen LogP contribution < -0.4 is 19.5 Å². The number of nitrogens with one attached hydrogen (secondary N) is 1. The van der Waals surface area contributed by atoms with Crippen LogP contribution in [-0.2, 0) is 4.79 Å². The Labute approximate surface area is 139 Å². The molecule has 0 atom stereocenters. The summed E-state index contributed by atoms with van der Waals surface area (Å²) >= 11 is 0. The van der Waals surface area contributed by atoms with Gasteiger partial charge in [0.15, 0.2) is 23.1 Å². The monoisotopic (exact) mass is 331 g/mol. The van der Waals surface area contributed by atoms with Crippen LogP contribution in [-0.4, -0.2) is 18.3 Å². The van der Waals surface area contributed by atoms with Crippen molar-refractivity contribution >= 4 is 11.6 Å². The van der Waals surface area contributed by atoms with Crippen molar-refractivity contribution in [3.05, 3.63) is 48.3 Å². The number of hydrogen-bond donors (Lipinski definition) is 1. The topological polar surface area (TPSA) is 56.8 Å². The molecule has 1 N–H and O–H groups in total. The van der Waals surface area contributed by atoms with E-state index < -0.39 is 11.6 Å². The minimum Gasteiger partial charge on any atom is -0.490 e. The highest BCUT2D eigenvalue weighted by atomic mass is 19.1. The number of anilines is 1. The largest absolute Gasteiger partial charge is 0.490 e. The smallest absolute Gasteiger partial charge is 0.246 e. The van der Waals surface area contributed by atoms with Gasteiger partial charge in [0.25, 0.3) is 0 Å². The highest BCUT2D eigenvalue weighted by Gasteiger charge is 2.31. The number of rotatable bonds is 5. The van der Waals surface area contributed by atoms with Crippen molar-refractivity contribution in [3.63, 3.8) is 0 Å². The zero-order valence-corrected chi connectivity index (χ0v) is 13.5. The van der Waals surface area contributed by atoms with Gasteiger partial charge in [-0.15, -0.1) is 0 Å². The number of fused-ring (bicyclic) bond motifs is 1. The number of benzene rings is 2. The predicted octanol–water partition coefficient (Wildman–Crippen LogP) is 3.74. The number of hydrogen-bond acceptors (Lipinski definition) is 4. The van der Waals surface area contributed by atoms with Crippen LogP contribution in [0.3, 0.4) is 0 Å². The Bertz CT molecular complexity index is 760. The van der Waals surface area contributed by atoms with Crippen molar-refractivity contribution in [1.82, 2.24) is 0 Å². The zero-order valence-electron chi connectivity index (χ0n) is 13.5. The molecule has 0 spiro atoms. The lowest BCUT2D eigenvalue weighted by Crippen LogP contribution is -2.29.